The smallest absolute Gasteiger partial charge is 0.270 e. The van der Waals surface area contributed by atoms with Crippen molar-refractivity contribution < 1.29 is 9.53 Å². The molecule has 1 heterocycles. The van der Waals surface area contributed by atoms with Gasteiger partial charge in [-0.2, -0.15) is 0 Å². The second-order valence-corrected chi connectivity index (χ2v) is 3.97. The van der Waals surface area contributed by atoms with Crippen molar-refractivity contribution in [2.45, 2.75) is 6.54 Å². The molecule has 0 saturated carbocycles. The highest BCUT2D eigenvalue weighted by molar-refractivity contribution is 5.92. The van der Waals surface area contributed by atoms with Crippen molar-refractivity contribution in [3.63, 3.8) is 0 Å². The van der Waals surface area contributed by atoms with Crippen molar-refractivity contribution in [1.82, 2.24) is 10.3 Å². The van der Waals surface area contributed by atoms with Crippen molar-refractivity contribution in [3.8, 4) is 5.75 Å². The van der Waals surface area contributed by atoms with Crippen LogP contribution in [-0.2, 0) is 6.54 Å². The molecule has 19 heavy (non-hydrogen) atoms. The zero-order chi connectivity index (χ0) is 13.7. The molecule has 5 heteroatoms. The maximum Gasteiger partial charge on any atom is 0.270 e. The first kappa shape index (κ1) is 12.9. The standard InChI is InChI=1S/C14H15N3O2/c1-19-13-5-3-2-4-10(13)9-17-14(18)12-8-11(15)6-7-16-12/h2-8H,9H2,1H3,(H2,15,16)(H,17,18). The summed E-state index contributed by atoms with van der Waals surface area (Å²) in [7, 11) is 1.60. The third-order valence-electron chi connectivity index (χ3n) is 2.65. The fourth-order valence-corrected chi connectivity index (χ4v) is 1.69. The van der Waals surface area contributed by atoms with Gasteiger partial charge in [-0.05, 0) is 18.2 Å². The number of carbonyl (C=O) groups excluding carboxylic acids is 1. The summed E-state index contributed by atoms with van der Waals surface area (Å²) in [5.41, 5.74) is 7.33. The number of aromatic nitrogens is 1. The van der Waals surface area contributed by atoms with Crippen molar-refractivity contribution in [1.29, 1.82) is 0 Å². The first-order chi connectivity index (χ1) is 9.20. The van der Waals surface area contributed by atoms with Crippen LogP contribution in [0.5, 0.6) is 5.75 Å². The average molecular weight is 257 g/mol. The Morgan fingerprint density at radius 3 is 2.89 bits per heavy atom. The fourth-order valence-electron chi connectivity index (χ4n) is 1.69. The Morgan fingerprint density at radius 1 is 1.37 bits per heavy atom. The molecule has 1 aromatic carbocycles. The lowest BCUT2D eigenvalue weighted by atomic mass is 10.2. The number of carbonyl (C=O) groups is 1. The van der Waals surface area contributed by atoms with Crippen LogP contribution in [-0.4, -0.2) is 18.0 Å². The van der Waals surface area contributed by atoms with E-state index in [0.717, 1.165) is 11.3 Å². The molecular formula is C14H15N3O2. The summed E-state index contributed by atoms with van der Waals surface area (Å²) in [6.45, 7) is 0.374. The lowest BCUT2D eigenvalue weighted by Crippen LogP contribution is -2.24. The van der Waals surface area contributed by atoms with E-state index in [0.29, 0.717) is 17.9 Å². The normalized spacial score (nSPS) is 9.95. The summed E-state index contributed by atoms with van der Waals surface area (Å²) in [6.07, 6.45) is 1.51. The predicted molar refractivity (Wildman–Crippen MR) is 72.8 cm³/mol. The predicted octanol–water partition coefficient (Wildman–Crippen LogP) is 1.60. The van der Waals surface area contributed by atoms with Gasteiger partial charge in [-0.25, -0.2) is 0 Å². The van der Waals surface area contributed by atoms with E-state index in [2.05, 4.69) is 10.3 Å². The van der Waals surface area contributed by atoms with Crippen molar-refractivity contribution in [2.75, 3.05) is 12.8 Å². The number of nitrogens with one attached hydrogen (secondary N) is 1. The summed E-state index contributed by atoms with van der Waals surface area (Å²) in [6, 6.07) is 10.7. The van der Waals surface area contributed by atoms with Crippen molar-refractivity contribution in [3.05, 3.63) is 53.9 Å². The third kappa shape index (κ3) is 3.22. The highest BCUT2D eigenvalue weighted by atomic mass is 16.5. The van der Waals surface area contributed by atoms with Crippen LogP contribution in [0, 0.1) is 0 Å². The second-order valence-electron chi connectivity index (χ2n) is 3.97. The molecule has 0 bridgehead atoms. The van der Waals surface area contributed by atoms with Crippen LogP contribution in [0.25, 0.3) is 0 Å². The van der Waals surface area contributed by atoms with Crippen LogP contribution >= 0.6 is 0 Å². The van der Waals surface area contributed by atoms with Crippen LogP contribution in [0.1, 0.15) is 16.1 Å². The van der Waals surface area contributed by atoms with Gasteiger partial charge in [0.1, 0.15) is 11.4 Å². The Labute approximate surface area is 111 Å². The van der Waals surface area contributed by atoms with E-state index < -0.39 is 0 Å². The van der Waals surface area contributed by atoms with E-state index >= 15 is 0 Å². The van der Waals surface area contributed by atoms with E-state index in [9.17, 15) is 4.79 Å². The number of benzene rings is 1. The average Bonchev–Trinajstić information content (AvgIpc) is 2.45. The number of nitrogens with two attached hydrogens (primary N) is 1. The Bertz CT molecular complexity index is 584. The molecule has 0 fully saturated rings. The molecule has 0 saturated heterocycles. The van der Waals surface area contributed by atoms with E-state index in [1.54, 1.807) is 13.2 Å². The zero-order valence-corrected chi connectivity index (χ0v) is 10.6. The number of rotatable bonds is 4. The summed E-state index contributed by atoms with van der Waals surface area (Å²) < 4.78 is 5.22. The van der Waals surface area contributed by atoms with Gasteiger partial charge in [0.05, 0.1) is 7.11 Å². The molecule has 1 aromatic heterocycles. The summed E-state index contributed by atoms with van der Waals surface area (Å²) in [5.74, 6) is 0.474. The molecular weight excluding hydrogens is 242 g/mol. The van der Waals surface area contributed by atoms with Gasteiger partial charge in [0.25, 0.3) is 5.91 Å². The topological polar surface area (TPSA) is 77.2 Å². The van der Waals surface area contributed by atoms with Gasteiger partial charge in [-0.1, -0.05) is 18.2 Å². The van der Waals surface area contributed by atoms with Gasteiger partial charge >= 0.3 is 0 Å². The van der Waals surface area contributed by atoms with Gasteiger partial charge in [0.2, 0.25) is 0 Å². The minimum Gasteiger partial charge on any atom is -0.496 e. The molecule has 0 aliphatic heterocycles. The molecule has 0 aliphatic rings. The Hall–Kier alpha value is -2.56. The molecule has 0 unspecified atom stereocenters. The first-order valence-corrected chi connectivity index (χ1v) is 5.82. The van der Waals surface area contributed by atoms with Crippen LogP contribution < -0.4 is 15.8 Å². The molecule has 2 aromatic rings. The minimum absolute atomic E-state index is 0.266. The minimum atomic E-state index is -0.266. The number of hydrogen-bond acceptors (Lipinski definition) is 4. The highest BCUT2D eigenvalue weighted by Gasteiger charge is 2.08. The maximum atomic E-state index is 11.9. The number of nitrogen functional groups attached to an aromatic ring is 1. The number of amides is 1. The van der Waals surface area contributed by atoms with E-state index in [1.807, 2.05) is 24.3 Å². The maximum absolute atomic E-state index is 11.9. The Balaban J connectivity index is 2.04. The van der Waals surface area contributed by atoms with Crippen LogP contribution in [0.15, 0.2) is 42.6 Å². The van der Waals surface area contributed by atoms with Crippen LogP contribution in [0.4, 0.5) is 5.69 Å². The van der Waals surface area contributed by atoms with Gasteiger partial charge in [-0.15, -0.1) is 0 Å². The summed E-state index contributed by atoms with van der Waals surface area (Å²) >= 11 is 0. The summed E-state index contributed by atoms with van der Waals surface area (Å²) in [5, 5.41) is 2.78. The molecule has 98 valence electrons. The van der Waals surface area contributed by atoms with E-state index in [-0.39, 0.29) is 5.91 Å². The first-order valence-electron chi connectivity index (χ1n) is 5.82. The van der Waals surface area contributed by atoms with E-state index in [1.165, 1.54) is 12.3 Å². The Morgan fingerprint density at radius 2 is 2.16 bits per heavy atom. The molecule has 0 radical (unpaired) electrons. The zero-order valence-electron chi connectivity index (χ0n) is 10.6. The van der Waals surface area contributed by atoms with Gasteiger partial charge in [0, 0.05) is 24.0 Å². The monoisotopic (exact) mass is 257 g/mol. The molecule has 2 rings (SSSR count). The number of nitrogens with zero attached hydrogens (tertiary/aromatic N) is 1. The number of hydrogen-bond donors (Lipinski definition) is 2. The van der Waals surface area contributed by atoms with Crippen LogP contribution in [0.2, 0.25) is 0 Å². The fraction of sp³-hybridized carbons (Fsp3) is 0.143. The van der Waals surface area contributed by atoms with Crippen LogP contribution in [0.3, 0.4) is 0 Å². The third-order valence-corrected chi connectivity index (χ3v) is 2.65. The lowest BCUT2D eigenvalue weighted by molar-refractivity contribution is 0.0946. The quantitative estimate of drug-likeness (QED) is 0.872. The number of methoxy groups -OCH3 is 1. The Kier molecular flexibility index (Phi) is 3.97. The van der Waals surface area contributed by atoms with Gasteiger partial charge in [-0.3, -0.25) is 9.78 Å². The number of ether oxygens (including phenoxy) is 1. The SMILES string of the molecule is COc1ccccc1CNC(=O)c1cc(N)ccn1. The van der Waals surface area contributed by atoms with Crippen molar-refractivity contribution >= 4 is 11.6 Å². The number of pyridine rings is 1. The number of para-hydroxylation sites is 1. The molecule has 0 spiro atoms. The largest absolute Gasteiger partial charge is 0.496 e. The highest BCUT2D eigenvalue weighted by Crippen LogP contribution is 2.16. The van der Waals surface area contributed by atoms with Gasteiger partial charge in [0.15, 0.2) is 0 Å². The van der Waals surface area contributed by atoms with Crippen molar-refractivity contribution in [2.24, 2.45) is 0 Å². The van der Waals surface area contributed by atoms with E-state index in [4.69, 9.17) is 10.5 Å². The molecule has 5 nitrogen and oxygen atoms in total. The lowest BCUT2D eigenvalue weighted by Gasteiger charge is -2.09. The summed E-state index contributed by atoms with van der Waals surface area (Å²) in [4.78, 5) is 15.9. The number of anilines is 1. The molecule has 0 atom stereocenters. The van der Waals surface area contributed by atoms with Gasteiger partial charge < -0.3 is 15.8 Å². The molecule has 0 aliphatic carbocycles. The molecule has 3 N–H and O–H groups in total. The molecule has 1 amide bonds. The second kappa shape index (κ2) is 5.86.